The van der Waals surface area contributed by atoms with Crippen molar-refractivity contribution in [2.75, 3.05) is 6.61 Å². The topological polar surface area (TPSA) is 52.6 Å². The SMILES string of the molecule is CC=CC(c1ccc(C(F)(F)F)cc1)C(COC(=O)C(C)(C)C)C(=O)OC(C)(C)C. The number of carbonyl (C=O) groups excluding carboxylic acids is 2. The van der Waals surface area contributed by atoms with E-state index in [1.54, 1.807) is 60.6 Å². The Bertz CT molecular complexity index is 751. The number of ether oxygens (including phenoxy) is 2. The molecule has 1 rings (SSSR count). The van der Waals surface area contributed by atoms with Crippen LogP contribution in [0.5, 0.6) is 0 Å². The molecule has 7 heteroatoms. The Kier molecular flexibility index (Phi) is 8.29. The Morgan fingerprint density at radius 3 is 1.93 bits per heavy atom. The minimum Gasteiger partial charge on any atom is -0.464 e. The first kappa shape index (κ1) is 25.7. The van der Waals surface area contributed by atoms with Gasteiger partial charge in [0.05, 0.1) is 11.0 Å². The average molecular weight is 428 g/mol. The fourth-order valence-electron chi connectivity index (χ4n) is 2.66. The van der Waals surface area contributed by atoms with Crippen molar-refractivity contribution in [2.45, 2.75) is 66.2 Å². The van der Waals surface area contributed by atoms with E-state index < -0.39 is 46.5 Å². The maximum Gasteiger partial charge on any atom is 0.416 e. The monoisotopic (exact) mass is 428 g/mol. The summed E-state index contributed by atoms with van der Waals surface area (Å²) in [5.41, 5.74) is -1.82. The Labute approximate surface area is 176 Å². The summed E-state index contributed by atoms with van der Waals surface area (Å²) in [6, 6.07) is 4.60. The van der Waals surface area contributed by atoms with Crippen molar-refractivity contribution < 1.29 is 32.2 Å². The number of halogens is 3. The maximum atomic E-state index is 12.9. The van der Waals surface area contributed by atoms with Crippen LogP contribution in [0.15, 0.2) is 36.4 Å². The van der Waals surface area contributed by atoms with E-state index in [2.05, 4.69) is 0 Å². The van der Waals surface area contributed by atoms with Crippen LogP contribution >= 0.6 is 0 Å². The van der Waals surface area contributed by atoms with Gasteiger partial charge in [-0.3, -0.25) is 9.59 Å². The predicted molar refractivity (Wildman–Crippen MR) is 109 cm³/mol. The second-order valence-corrected chi connectivity index (χ2v) is 9.16. The summed E-state index contributed by atoms with van der Waals surface area (Å²) in [6.45, 7) is 11.7. The lowest BCUT2D eigenvalue weighted by atomic mass is 9.85. The molecule has 0 fully saturated rings. The van der Waals surface area contributed by atoms with E-state index in [1.807, 2.05) is 0 Å². The van der Waals surface area contributed by atoms with Gasteiger partial charge in [-0.2, -0.15) is 13.2 Å². The second kappa shape index (κ2) is 9.67. The number of hydrogen-bond acceptors (Lipinski definition) is 4. The normalized spacial score (nSPS) is 15.0. The zero-order chi connectivity index (χ0) is 23.3. The molecule has 2 atom stereocenters. The van der Waals surface area contributed by atoms with Crippen molar-refractivity contribution in [3.8, 4) is 0 Å². The smallest absolute Gasteiger partial charge is 0.416 e. The highest BCUT2D eigenvalue weighted by molar-refractivity contribution is 5.77. The van der Waals surface area contributed by atoms with Gasteiger partial charge in [-0.05, 0) is 66.2 Å². The van der Waals surface area contributed by atoms with Gasteiger partial charge >= 0.3 is 18.1 Å². The molecule has 0 spiro atoms. The van der Waals surface area contributed by atoms with Crippen LogP contribution in [-0.4, -0.2) is 24.1 Å². The van der Waals surface area contributed by atoms with Crippen LogP contribution in [0, 0.1) is 11.3 Å². The standard InChI is InChI=1S/C23H31F3O4/c1-8-9-17(15-10-12-16(13-11-15)23(24,25)26)18(19(27)30-22(5,6)7)14-29-20(28)21(2,3)4/h8-13,17-18H,14H2,1-7H3. The molecule has 2 unspecified atom stereocenters. The molecule has 0 saturated carbocycles. The number of allylic oxidation sites excluding steroid dienone is 2. The molecule has 0 aliphatic heterocycles. The third kappa shape index (κ3) is 7.84. The molecule has 0 heterocycles. The lowest BCUT2D eigenvalue weighted by molar-refractivity contribution is -0.166. The molecule has 4 nitrogen and oxygen atoms in total. The van der Waals surface area contributed by atoms with E-state index >= 15 is 0 Å². The molecule has 168 valence electrons. The quantitative estimate of drug-likeness (QED) is 0.417. The van der Waals surface area contributed by atoms with Gasteiger partial charge in [-0.1, -0.05) is 24.3 Å². The van der Waals surface area contributed by atoms with E-state index in [0.29, 0.717) is 5.56 Å². The molecule has 0 bridgehead atoms. The molecule has 30 heavy (non-hydrogen) atoms. The summed E-state index contributed by atoms with van der Waals surface area (Å²) in [4.78, 5) is 25.1. The Morgan fingerprint density at radius 2 is 1.53 bits per heavy atom. The molecule has 0 aliphatic rings. The Hall–Kier alpha value is -2.31. The van der Waals surface area contributed by atoms with Crippen molar-refractivity contribution in [2.24, 2.45) is 11.3 Å². The largest absolute Gasteiger partial charge is 0.464 e. The first-order valence-corrected chi connectivity index (χ1v) is 9.76. The molecule has 0 saturated heterocycles. The molecule has 0 aliphatic carbocycles. The maximum absolute atomic E-state index is 12.9. The second-order valence-electron chi connectivity index (χ2n) is 9.16. The third-order valence-electron chi connectivity index (χ3n) is 4.17. The molecular weight excluding hydrogens is 397 g/mol. The Balaban J connectivity index is 3.29. The lowest BCUT2D eigenvalue weighted by Crippen LogP contribution is -2.36. The highest BCUT2D eigenvalue weighted by Gasteiger charge is 2.35. The summed E-state index contributed by atoms with van der Waals surface area (Å²) < 4.78 is 49.6. The van der Waals surface area contributed by atoms with Crippen molar-refractivity contribution >= 4 is 11.9 Å². The van der Waals surface area contributed by atoms with Gasteiger partial charge in [0.2, 0.25) is 0 Å². The van der Waals surface area contributed by atoms with Crippen molar-refractivity contribution in [3.63, 3.8) is 0 Å². The first-order chi connectivity index (χ1) is 13.6. The number of hydrogen-bond donors (Lipinski definition) is 0. The van der Waals surface area contributed by atoms with Crippen LogP contribution in [-0.2, 0) is 25.2 Å². The minimum atomic E-state index is -4.46. The van der Waals surface area contributed by atoms with Crippen molar-refractivity contribution in [1.82, 2.24) is 0 Å². The highest BCUT2D eigenvalue weighted by atomic mass is 19.4. The summed E-state index contributed by atoms with van der Waals surface area (Å²) in [5.74, 6) is -2.61. The summed E-state index contributed by atoms with van der Waals surface area (Å²) in [5, 5.41) is 0. The number of rotatable bonds is 6. The van der Waals surface area contributed by atoms with E-state index in [0.717, 1.165) is 12.1 Å². The van der Waals surface area contributed by atoms with Crippen LogP contribution in [0.1, 0.15) is 65.5 Å². The van der Waals surface area contributed by atoms with E-state index in [9.17, 15) is 22.8 Å². The van der Waals surface area contributed by atoms with Gasteiger partial charge in [0.1, 0.15) is 18.1 Å². The number of benzene rings is 1. The van der Waals surface area contributed by atoms with Gasteiger partial charge in [0.15, 0.2) is 0 Å². The van der Waals surface area contributed by atoms with Crippen molar-refractivity contribution in [3.05, 3.63) is 47.5 Å². The van der Waals surface area contributed by atoms with Crippen LogP contribution in [0.2, 0.25) is 0 Å². The fourth-order valence-corrected chi connectivity index (χ4v) is 2.66. The van der Waals surface area contributed by atoms with Crippen molar-refractivity contribution in [1.29, 1.82) is 0 Å². The molecular formula is C23H31F3O4. The lowest BCUT2D eigenvalue weighted by Gasteiger charge is -2.29. The molecule has 0 amide bonds. The van der Waals surface area contributed by atoms with E-state index in [4.69, 9.17) is 9.47 Å². The summed E-state index contributed by atoms with van der Waals surface area (Å²) in [7, 11) is 0. The van der Waals surface area contributed by atoms with E-state index in [1.165, 1.54) is 12.1 Å². The first-order valence-electron chi connectivity index (χ1n) is 9.76. The predicted octanol–water partition coefficient (Wildman–Crippen LogP) is 5.91. The number of carbonyl (C=O) groups is 2. The number of alkyl halides is 3. The van der Waals surface area contributed by atoms with Gasteiger partial charge in [-0.25, -0.2) is 0 Å². The molecule has 0 radical (unpaired) electrons. The average Bonchev–Trinajstić information content (AvgIpc) is 2.57. The third-order valence-corrected chi connectivity index (χ3v) is 4.17. The number of esters is 2. The Morgan fingerprint density at radius 1 is 1.00 bits per heavy atom. The molecule has 1 aromatic carbocycles. The summed E-state index contributed by atoms with van der Waals surface area (Å²) >= 11 is 0. The van der Waals surface area contributed by atoms with Crippen LogP contribution in [0.25, 0.3) is 0 Å². The van der Waals surface area contributed by atoms with Crippen LogP contribution < -0.4 is 0 Å². The van der Waals surface area contributed by atoms with E-state index in [-0.39, 0.29) is 6.61 Å². The summed E-state index contributed by atoms with van der Waals surface area (Å²) in [6.07, 6.45) is -1.06. The molecule has 0 aromatic heterocycles. The van der Waals surface area contributed by atoms with Gasteiger partial charge in [0, 0.05) is 5.92 Å². The molecule has 1 aromatic rings. The zero-order valence-corrected chi connectivity index (χ0v) is 18.6. The molecule has 0 N–H and O–H groups in total. The van der Waals surface area contributed by atoms with Gasteiger partial charge < -0.3 is 9.47 Å². The van der Waals surface area contributed by atoms with Gasteiger partial charge in [0.25, 0.3) is 0 Å². The fraction of sp³-hybridized carbons (Fsp3) is 0.565. The minimum absolute atomic E-state index is 0.249. The highest BCUT2D eigenvalue weighted by Crippen LogP contribution is 2.34. The van der Waals surface area contributed by atoms with Crippen LogP contribution in [0.4, 0.5) is 13.2 Å². The van der Waals surface area contributed by atoms with Crippen LogP contribution in [0.3, 0.4) is 0 Å². The zero-order valence-electron chi connectivity index (χ0n) is 18.6. The van der Waals surface area contributed by atoms with Gasteiger partial charge in [-0.15, -0.1) is 0 Å².